The molecular weight excluding hydrogens is 240 g/mol. The van der Waals surface area contributed by atoms with Gasteiger partial charge in [-0.25, -0.2) is 0 Å². The number of hydrogen-bond acceptors (Lipinski definition) is 3. The van der Waals surface area contributed by atoms with Crippen LogP contribution in [0.1, 0.15) is 52.9 Å². The Hall–Kier alpha value is -0.610. The van der Waals surface area contributed by atoms with Gasteiger partial charge in [0.2, 0.25) is 0 Å². The van der Waals surface area contributed by atoms with Gasteiger partial charge in [-0.15, -0.1) is 0 Å². The molecule has 2 N–H and O–H groups in total. The number of nitrogens with one attached hydrogen (secondary N) is 1. The summed E-state index contributed by atoms with van der Waals surface area (Å²) in [6.45, 7) is 8.64. The lowest BCUT2D eigenvalue weighted by molar-refractivity contribution is -0.147. The molecular formula is C15H28N2O2. The van der Waals surface area contributed by atoms with Gasteiger partial charge in [0.05, 0.1) is 0 Å². The summed E-state index contributed by atoms with van der Waals surface area (Å²) >= 11 is 0. The number of likely N-dealkylation sites (tertiary alicyclic amines) is 1. The first kappa shape index (κ1) is 14.8. The van der Waals surface area contributed by atoms with Crippen LogP contribution in [0.5, 0.6) is 0 Å². The fourth-order valence-corrected chi connectivity index (χ4v) is 3.80. The molecule has 0 bridgehead atoms. The predicted octanol–water partition coefficient (Wildman–Crippen LogP) is 2.09. The normalized spacial score (nSPS) is 36.8. The zero-order chi connectivity index (χ0) is 14.0. The van der Waals surface area contributed by atoms with E-state index in [0.717, 1.165) is 44.7 Å². The van der Waals surface area contributed by atoms with Crippen molar-refractivity contribution in [3.8, 4) is 0 Å². The molecule has 0 aromatic carbocycles. The van der Waals surface area contributed by atoms with Gasteiger partial charge in [-0.05, 0) is 58.4 Å². The molecule has 0 amide bonds. The van der Waals surface area contributed by atoms with E-state index in [2.05, 4.69) is 17.1 Å². The molecule has 1 heterocycles. The van der Waals surface area contributed by atoms with Crippen LogP contribution in [-0.4, -0.2) is 46.7 Å². The number of carbonyl (C=O) groups is 1. The standard InChI is InChI=1S/C15H28N2O2/c1-11(2)16-15(14(18)19)7-4-5-13(9-15)17-8-6-12(3)10-17/h11-13,16H,4-10H2,1-3H3,(H,18,19). The zero-order valence-corrected chi connectivity index (χ0v) is 12.5. The number of carboxylic acid groups (broad SMARTS) is 1. The summed E-state index contributed by atoms with van der Waals surface area (Å²) in [5.74, 6) is 0.0948. The van der Waals surface area contributed by atoms with Crippen LogP contribution in [0.25, 0.3) is 0 Å². The number of hydrogen-bond donors (Lipinski definition) is 2. The van der Waals surface area contributed by atoms with Gasteiger partial charge in [-0.3, -0.25) is 10.1 Å². The Labute approximate surface area is 116 Å². The molecule has 0 spiro atoms. The second-order valence-electron chi connectivity index (χ2n) is 6.83. The van der Waals surface area contributed by atoms with Crippen molar-refractivity contribution in [2.75, 3.05) is 13.1 Å². The lowest BCUT2D eigenvalue weighted by Gasteiger charge is -2.42. The number of nitrogens with zero attached hydrogens (tertiary/aromatic N) is 1. The van der Waals surface area contributed by atoms with Gasteiger partial charge in [-0.1, -0.05) is 6.92 Å². The zero-order valence-electron chi connectivity index (χ0n) is 12.5. The molecule has 1 saturated carbocycles. The lowest BCUT2D eigenvalue weighted by atomic mass is 9.78. The molecule has 1 aliphatic carbocycles. The first-order valence-corrected chi connectivity index (χ1v) is 7.68. The smallest absolute Gasteiger partial charge is 0.323 e. The highest BCUT2D eigenvalue weighted by atomic mass is 16.4. The summed E-state index contributed by atoms with van der Waals surface area (Å²) in [7, 11) is 0. The number of aliphatic carboxylic acids is 1. The molecule has 4 nitrogen and oxygen atoms in total. The van der Waals surface area contributed by atoms with Gasteiger partial charge in [0, 0.05) is 18.6 Å². The molecule has 2 aliphatic rings. The minimum Gasteiger partial charge on any atom is -0.480 e. The highest BCUT2D eigenvalue weighted by Crippen LogP contribution is 2.34. The fourth-order valence-electron chi connectivity index (χ4n) is 3.80. The van der Waals surface area contributed by atoms with Crippen LogP contribution < -0.4 is 5.32 Å². The molecule has 110 valence electrons. The second kappa shape index (κ2) is 5.80. The first-order chi connectivity index (χ1) is 8.93. The van der Waals surface area contributed by atoms with E-state index in [0.29, 0.717) is 6.04 Å². The molecule has 1 saturated heterocycles. The molecule has 0 aromatic heterocycles. The maximum Gasteiger partial charge on any atom is 0.323 e. The topological polar surface area (TPSA) is 52.6 Å². The van der Waals surface area contributed by atoms with Gasteiger partial charge in [0.15, 0.2) is 0 Å². The summed E-state index contributed by atoms with van der Waals surface area (Å²) < 4.78 is 0. The third-order valence-electron chi connectivity index (χ3n) is 4.67. The predicted molar refractivity (Wildman–Crippen MR) is 76.2 cm³/mol. The molecule has 3 atom stereocenters. The third-order valence-corrected chi connectivity index (χ3v) is 4.67. The highest BCUT2D eigenvalue weighted by Gasteiger charge is 2.45. The molecule has 2 rings (SSSR count). The van der Waals surface area contributed by atoms with E-state index in [1.165, 1.54) is 6.42 Å². The molecule has 4 heteroatoms. The Kier molecular flexibility index (Phi) is 4.51. The molecule has 1 aliphatic heterocycles. The highest BCUT2D eigenvalue weighted by molar-refractivity contribution is 5.79. The van der Waals surface area contributed by atoms with Crippen molar-refractivity contribution < 1.29 is 9.90 Å². The first-order valence-electron chi connectivity index (χ1n) is 7.68. The molecule has 0 radical (unpaired) electrons. The Balaban J connectivity index is 2.07. The van der Waals surface area contributed by atoms with Gasteiger partial charge in [0.1, 0.15) is 5.54 Å². The van der Waals surface area contributed by atoms with E-state index < -0.39 is 11.5 Å². The SMILES string of the molecule is CC1CCN(C2CCCC(NC(C)C)(C(=O)O)C2)C1. The summed E-state index contributed by atoms with van der Waals surface area (Å²) in [6.07, 6.45) is 4.95. The van der Waals surface area contributed by atoms with Crippen molar-refractivity contribution in [3.05, 3.63) is 0 Å². The van der Waals surface area contributed by atoms with E-state index >= 15 is 0 Å². The minimum absolute atomic E-state index is 0.215. The minimum atomic E-state index is -0.705. The van der Waals surface area contributed by atoms with Crippen molar-refractivity contribution in [3.63, 3.8) is 0 Å². The molecule has 0 aromatic rings. The average Bonchev–Trinajstić information content (AvgIpc) is 2.75. The van der Waals surface area contributed by atoms with Crippen LogP contribution in [0, 0.1) is 5.92 Å². The number of carboxylic acids is 1. The number of rotatable bonds is 4. The van der Waals surface area contributed by atoms with Gasteiger partial charge < -0.3 is 10.0 Å². The van der Waals surface area contributed by atoms with Crippen molar-refractivity contribution in [2.24, 2.45) is 5.92 Å². The molecule has 19 heavy (non-hydrogen) atoms. The van der Waals surface area contributed by atoms with Crippen LogP contribution in [0.15, 0.2) is 0 Å². The Bertz CT molecular complexity index is 332. The molecule has 3 unspecified atom stereocenters. The van der Waals surface area contributed by atoms with E-state index in [4.69, 9.17) is 0 Å². The largest absolute Gasteiger partial charge is 0.480 e. The monoisotopic (exact) mass is 268 g/mol. The van der Waals surface area contributed by atoms with Crippen LogP contribution in [0.4, 0.5) is 0 Å². The fraction of sp³-hybridized carbons (Fsp3) is 0.933. The Morgan fingerprint density at radius 3 is 2.68 bits per heavy atom. The van der Waals surface area contributed by atoms with E-state index in [1.54, 1.807) is 0 Å². The lowest BCUT2D eigenvalue weighted by Crippen LogP contribution is -2.59. The third kappa shape index (κ3) is 3.29. The van der Waals surface area contributed by atoms with E-state index in [9.17, 15) is 9.90 Å². The van der Waals surface area contributed by atoms with Crippen LogP contribution in [0.3, 0.4) is 0 Å². The van der Waals surface area contributed by atoms with Crippen molar-refractivity contribution in [2.45, 2.75) is 70.5 Å². The quantitative estimate of drug-likeness (QED) is 0.820. The average molecular weight is 268 g/mol. The Morgan fingerprint density at radius 1 is 1.42 bits per heavy atom. The molecule has 2 fully saturated rings. The Morgan fingerprint density at radius 2 is 2.16 bits per heavy atom. The van der Waals surface area contributed by atoms with Crippen molar-refractivity contribution in [1.82, 2.24) is 10.2 Å². The maximum absolute atomic E-state index is 11.8. The summed E-state index contributed by atoms with van der Waals surface area (Å²) in [4.78, 5) is 14.3. The summed E-state index contributed by atoms with van der Waals surface area (Å²) in [6, 6.07) is 0.661. The van der Waals surface area contributed by atoms with E-state index in [1.807, 2.05) is 13.8 Å². The van der Waals surface area contributed by atoms with Crippen LogP contribution in [-0.2, 0) is 4.79 Å². The summed E-state index contributed by atoms with van der Waals surface area (Å²) in [5, 5.41) is 13.0. The maximum atomic E-state index is 11.8. The van der Waals surface area contributed by atoms with Crippen LogP contribution in [0.2, 0.25) is 0 Å². The van der Waals surface area contributed by atoms with Gasteiger partial charge in [-0.2, -0.15) is 0 Å². The van der Waals surface area contributed by atoms with Crippen molar-refractivity contribution in [1.29, 1.82) is 0 Å². The summed E-state index contributed by atoms with van der Waals surface area (Å²) in [5.41, 5.74) is -0.705. The second-order valence-corrected chi connectivity index (χ2v) is 6.83. The van der Waals surface area contributed by atoms with Crippen LogP contribution >= 0.6 is 0 Å². The van der Waals surface area contributed by atoms with Crippen molar-refractivity contribution >= 4 is 5.97 Å². The van der Waals surface area contributed by atoms with E-state index in [-0.39, 0.29) is 6.04 Å². The van der Waals surface area contributed by atoms with Gasteiger partial charge in [0.25, 0.3) is 0 Å². The van der Waals surface area contributed by atoms with Gasteiger partial charge >= 0.3 is 5.97 Å².